The van der Waals surface area contributed by atoms with Crippen LogP contribution in [0.15, 0.2) is 12.3 Å². The van der Waals surface area contributed by atoms with Crippen molar-refractivity contribution in [3.05, 3.63) is 27.9 Å². The average Bonchev–Trinajstić information content (AvgIpc) is 2.26. The third-order valence-electron chi connectivity index (χ3n) is 2.42. The zero-order valence-corrected chi connectivity index (χ0v) is 10.0. The van der Waals surface area contributed by atoms with Gasteiger partial charge in [-0.25, -0.2) is 4.98 Å². The van der Waals surface area contributed by atoms with Gasteiger partial charge < -0.3 is 10.4 Å². The van der Waals surface area contributed by atoms with E-state index in [1.165, 1.54) is 6.20 Å². The standard InChI is InChI=1S/C11H17N3O3/c1-3-4-9(15)6-12-11-5-8(2)10(7-13-11)14(16)17/h5,7,9,15H,3-4,6H2,1-2H3,(H,12,13). The Morgan fingerprint density at radius 3 is 2.88 bits per heavy atom. The molecule has 0 aliphatic rings. The van der Waals surface area contributed by atoms with Crippen LogP contribution in [-0.4, -0.2) is 27.7 Å². The van der Waals surface area contributed by atoms with E-state index in [9.17, 15) is 15.2 Å². The molecule has 0 aromatic carbocycles. The van der Waals surface area contributed by atoms with Gasteiger partial charge in [-0.05, 0) is 19.4 Å². The van der Waals surface area contributed by atoms with Gasteiger partial charge in [-0.1, -0.05) is 13.3 Å². The molecule has 94 valence electrons. The molecule has 0 saturated heterocycles. The number of rotatable bonds is 6. The first-order valence-electron chi connectivity index (χ1n) is 5.57. The van der Waals surface area contributed by atoms with E-state index in [0.29, 0.717) is 17.9 Å². The molecular weight excluding hydrogens is 222 g/mol. The molecule has 0 amide bonds. The van der Waals surface area contributed by atoms with Crippen LogP contribution in [0.5, 0.6) is 0 Å². The second-order valence-electron chi connectivity index (χ2n) is 3.94. The molecule has 1 unspecified atom stereocenters. The van der Waals surface area contributed by atoms with E-state index < -0.39 is 11.0 Å². The molecule has 2 N–H and O–H groups in total. The highest BCUT2D eigenvalue weighted by molar-refractivity contribution is 5.46. The number of nitrogens with one attached hydrogen (secondary N) is 1. The van der Waals surface area contributed by atoms with E-state index in [1.54, 1.807) is 13.0 Å². The molecular formula is C11H17N3O3. The number of aryl methyl sites for hydroxylation is 1. The average molecular weight is 239 g/mol. The van der Waals surface area contributed by atoms with Gasteiger partial charge in [0.2, 0.25) is 0 Å². The van der Waals surface area contributed by atoms with Crippen molar-refractivity contribution < 1.29 is 10.0 Å². The molecule has 0 saturated carbocycles. The fraction of sp³-hybridized carbons (Fsp3) is 0.545. The van der Waals surface area contributed by atoms with Crippen LogP contribution < -0.4 is 5.32 Å². The van der Waals surface area contributed by atoms with Crippen molar-refractivity contribution in [2.45, 2.75) is 32.8 Å². The van der Waals surface area contributed by atoms with E-state index in [1.807, 2.05) is 6.92 Å². The maximum absolute atomic E-state index is 10.6. The molecule has 0 spiro atoms. The second kappa shape index (κ2) is 6.15. The highest BCUT2D eigenvalue weighted by Crippen LogP contribution is 2.18. The first kappa shape index (κ1) is 13.4. The topological polar surface area (TPSA) is 88.3 Å². The van der Waals surface area contributed by atoms with Gasteiger partial charge in [0.25, 0.3) is 5.69 Å². The van der Waals surface area contributed by atoms with Crippen LogP contribution in [0.2, 0.25) is 0 Å². The normalized spacial score (nSPS) is 12.2. The Balaban J connectivity index is 2.62. The van der Waals surface area contributed by atoms with Crippen LogP contribution in [-0.2, 0) is 0 Å². The van der Waals surface area contributed by atoms with Crippen molar-refractivity contribution in [1.29, 1.82) is 0 Å². The molecule has 0 fully saturated rings. The predicted molar refractivity (Wildman–Crippen MR) is 65.0 cm³/mol. The summed E-state index contributed by atoms with van der Waals surface area (Å²) in [5.41, 5.74) is 0.558. The lowest BCUT2D eigenvalue weighted by molar-refractivity contribution is -0.385. The van der Waals surface area contributed by atoms with Crippen molar-refractivity contribution in [2.24, 2.45) is 0 Å². The van der Waals surface area contributed by atoms with Gasteiger partial charge in [0.05, 0.1) is 11.0 Å². The summed E-state index contributed by atoms with van der Waals surface area (Å²) < 4.78 is 0. The zero-order chi connectivity index (χ0) is 12.8. The number of nitro groups is 1. The summed E-state index contributed by atoms with van der Waals surface area (Å²) in [6.07, 6.45) is 2.44. The van der Waals surface area contributed by atoms with Crippen molar-refractivity contribution in [3.8, 4) is 0 Å². The van der Waals surface area contributed by atoms with Crippen molar-refractivity contribution in [3.63, 3.8) is 0 Å². The Kier molecular flexibility index (Phi) is 4.84. The lowest BCUT2D eigenvalue weighted by Gasteiger charge is -2.11. The number of hydrogen-bond acceptors (Lipinski definition) is 5. The van der Waals surface area contributed by atoms with E-state index in [4.69, 9.17) is 0 Å². The third-order valence-corrected chi connectivity index (χ3v) is 2.42. The molecule has 6 heteroatoms. The summed E-state index contributed by atoms with van der Waals surface area (Å²) in [5.74, 6) is 0.545. The molecule has 17 heavy (non-hydrogen) atoms. The van der Waals surface area contributed by atoms with Gasteiger partial charge >= 0.3 is 0 Å². The second-order valence-corrected chi connectivity index (χ2v) is 3.94. The molecule has 1 aromatic rings. The minimum absolute atomic E-state index is 0.00431. The highest BCUT2D eigenvalue weighted by atomic mass is 16.6. The number of aliphatic hydroxyl groups is 1. The van der Waals surface area contributed by atoms with Crippen LogP contribution >= 0.6 is 0 Å². The Hall–Kier alpha value is -1.69. The Morgan fingerprint density at radius 1 is 1.65 bits per heavy atom. The lowest BCUT2D eigenvalue weighted by atomic mass is 10.2. The fourth-order valence-corrected chi connectivity index (χ4v) is 1.49. The Morgan fingerprint density at radius 2 is 2.35 bits per heavy atom. The minimum atomic E-state index is -0.460. The van der Waals surface area contributed by atoms with Gasteiger partial charge in [-0.15, -0.1) is 0 Å². The number of aromatic nitrogens is 1. The molecule has 0 aliphatic carbocycles. The highest BCUT2D eigenvalue weighted by Gasteiger charge is 2.11. The molecule has 1 atom stereocenters. The third kappa shape index (κ3) is 3.99. The zero-order valence-electron chi connectivity index (χ0n) is 10.0. The van der Waals surface area contributed by atoms with Crippen LogP contribution in [0.4, 0.5) is 11.5 Å². The number of anilines is 1. The van der Waals surface area contributed by atoms with Gasteiger partial charge in [0, 0.05) is 12.1 Å². The monoisotopic (exact) mass is 239 g/mol. The largest absolute Gasteiger partial charge is 0.391 e. The van der Waals surface area contributed by atoms with Crippen LogP contribution in [0, 0.1) is 17.0 Å². The summed E-state index contributed by atoms with van der Waals surface area (Å²) in [5, 5.41) is 23.1. The van der Waals surface area contributed by atoms with Gasteiger partial charge in [0.1, 0.15) is 12.0 Å². The molecule has 0 radical (unpaired) electrons. The molecule has 0 bridgehead atoms. The molecule has 1 aromatic heterocycles. The number of nitrogens with zero attached hydrogens (tertiary/aromatic N) is 2. The molecule has 1 heterocycles. The summed E-state index contributed by atoms with van der Waals surface area (Å²) >= 11 is 0. The first-order chi connectivity index (χ1) is 8.04. The minimum Gasteiger partial charge on any atom is -0.391 e. The molecule has 0 aliphatic heterocycles. The number of hydrogen-bond donors (Lipinski definition) is 2. The Labute approximate surface area is 99.8 Å². The van der Waals surface area contributed by atoms with E-state index in [2.05, 4.69) is 10.3 Å². The van der Waals surface area contributed by atoms with Crippen molar-refractivity contribution >= 4 is 11.5 Å². The SMILES string of the molecule is CCCC(O)CNc1cc(C)c([N+](=O)[O-])cn1. The number of aliphatic hydroxyl groups excluding tert-OH is 1. The van der Waals surface area contributed by atoms with E-state index >= 15 is 0 Å². The molecule has 1 rings (SSSR count). The van der Waals surface area contributed by atoms with Crippen molar-refractivity contribution in [1.82, 2.24) is 4.98 Å². The van der Waals surface area contributed by atoms with Gasteiger partial charge in [0.15, 0.2) is 0 Å². The maximum Gasteiger partial charge on any atom is 0.290 e. The quantitative estimate of drug-likeness (QED) is 0.584. The smallest absolute Gasteiger partial charge is 0.290 e. The first-order valence-corrected chi connectivity index (χ1v) is 5.57. The van der Waals surface area contributed by atoms with Gasteiger partial charge in [-0.3, -0.25) is 10.1 Å². The Bertz CT molecular complexity index is 396. The maximum atomic E-state index is 10.6. The molecule has 6 nitrogen and oxygen atoms in total. The van der Waals surface area contributed by atoms with Crippen molar-refractivity contribution in [2.75, 3.05) is 11.9 Å². The number of pyridine rings is 1. The fourth-order valence-electron chi connectivity index (χ4n) is 1.49. The summed E-state index contributed by atoms with van der Waals surface area (Å²) in [6, 6.07) is 1.61. The summed E-state index contributed by atoms with van der Waals surface area (Å²) in [6.45, 7) is 4.06. The van der Waals surface area contributed by atoms with Crippen LogP contribution in [0.3, 0.4) is 0 Å². The predicted octanol–water partition coefficient (Wildman–Crippen LogP) is 1.87. The van der Waals surface area contributed by atoms with E-state index in [-0.39, 0.29) is 5.69 Å². The summed E-state index contributed by atoms with van der Waals surface area (Å²) in [4.78, 5) is 14.1. The summed E-state index contributed by atoms with van der Waals surface area (Å²) in [7, 11) is 0. The van der Waals surface area contributed by atoms with Crippen LogP contribution in [0.1, 0.15) is 25.3 Å². The van der Waals surface area contributed by atoms with E-state index in [0.717, 1.165) is 12.8 Å². The van der Waals surface area contributed by atoms with Gasteiger partial charge in [-0.2, -0.15) is 0 Å². The lowest BCUT2D eigenvalue weighted by Crippen LogP contribution is -2.19. The van der Waals surface area contributed by atoms with Crippen LogP contribution in [0.25, 0.3) is 0 Å².